The minimum Gasteiger partial charge on any atom is -0.372 e. The van der Waals surface area contributed by atoms with Gasteiger partial charge in [-0.1, -0.05) is 30.3 Å². The predicted octanol–water partition coefficient (Wildman–Crippen LogP) is 3.77. The van der Waals surface area contributed by atoms with Crippen LogP contribution in [0.5, 0.6) is 0 Å². The smallest absolute Gasteiger partial charge is 0.0732 e. The largest absolute Gasteiger partial charge is 0.372 e. The van der Waals surface area contributed by atoms with E-state index >= 15 is 0 Å². The van der Waals surface area contributed by atoms with Gasteiger partial charge in [-0.05, 0) is 29.5 Å². The Balaban J connectivity index is 1.83. The standard InChI is InChI=1S/C13H14OS/c1-11-13(7-8-15-11)10-14-9-12-5-3-2-4-6-12/h2-8H,9-10H2,1H3. The number of rotatable bonds is 4. The molecule has 78 valence electrons. The van der Waals surface area contributed by atoms with Gasteiger partial charge in [-0.2, -0.15) is 0 Å². The highest BCUT2D eigenvalue weighted by molar-refractivity contribution is 7.10. The fourth-order valence-electron chi connectivity index (χ4n) is 1.41. The summed E-state index contributed by atoms with van der Waals surface area (Å²) >= 11 is 1.77. The van der Waals surface area contributed by atoms with Gasteiger partial charge < -0.3 is 4.74 Å². The first kappa shape index (κ1) is 10.4. The Hall–Kier alpha value is -1.12. The molecule has 0 N–H and O–H groups in total. The van der Waals surface area contributed by atoms with Gasteiger partial charge in [0.15, 0.2) is 0 Å². The van der Waals surface area contributed by atoms with Crippen LogP contribution in [0.15, 0.2) is 41.8 Å². The highest BCUT2D eigenvalue weighted by Crippen LogP contribution is 2.16. The second kappa shape index (κ2) is 5.10. The molecule has 2 aromatic rings. The second-order valence-electron chi connectivity index (χ2n) is 3.48. The summed E-state index contributed by atoms with van der Waals surface area (Å²) < 4.78 is 5.65. The van der Waals surface area contributed by atoms with Crippen LogP contribution in [0, 0.1) is 6.92 Å². The lowest BCUT2D eigenvalue weighted by Gasteiger charge is -2.03. The first-order chi connectivity index (χ1) is 7.36. The highest BCUT2D eigenvalue weighted by atomic mass is 32.1. The van der Waals surface area contributed by atoms with Crippen LogP contribution >= 0.6 is 11.3 Å². The molecule has 0 fully saturated rings. The maximum atomic E-state index is 5.65. The van der Waals surface area contributed by atoms with Crippen LogP contribution in [-0.4, -0.2) is 0 Å². The molecule has 1 aromatic carbocycles. The molecule has 0 radical (unpaired) electrons. The van der Waals surface area contributed by atoms with Gasteiger partial charge in [0.1, 0.15) is 0 Å². The van der Waals surface area contributed by atoms with Crippen molar-refractivity contribution >= 4 is 11.3 Å². The third-order valence-electron chi connectivity index (χ3n) is 2.34. The third-order valence-corrected chi connectivity index (χ3v) is 3.22. The number of aryl methyl sites for hydroxylation is 1. The Labute approximate surface area is 94.3 Å². The molecule has 15 heavy (non-hydrogen) atoms. The summed E-state index contributed by atoms with van der Waals surface area (Å²) in [5.74, 6) is 0. The van der Waals surface area contributed by atoms with E-state index in [-0.39, 0.29) is 0 Å². The van der Waals surface area contributed by atoms with Crippen molar-refractivity contribution in [2.45, 2.75) is 20.1 Å². The zero-order valence-corrected chi connectivity index (χ0v) is 9.59. The van der Waals surface area contributed by atoms with E-state index in [0.717, 1.165) is 0 Å². The fourth-order valence-corrected chi connectivity index (χ4v) is 2.13. The van der Waals surface area contributed by atoms with E-state index < -0.39 is 0 Å². The van der Waals surface area contributed by atoms with Gasteiger partial charge in [-0.3, -0.25) is 0 Å². The number of hydrogen-bond donors (Lipinski definition) is 0. The SMILES string of the molecule is Cc1sccc1COCc1ccccc1. The Kier molecular flexibility index (Phi) is 3.54. The number of thiophene rings is 1. The van der Waals surface area contributed by atoms with E-state index in [0.29, 0.717) is 13.2 Å². The molecule has 1 heterocycles. The molecule has 0 aliphatic rings. The highest BCUT2D eigenvalue weighted by Gasteiger charge is 1.99. The van der Waals surface area contributed by atoms with Crippen LogP contribution in [0.25, 0.3) is 0 Å². The Bertz CT molecular complexity index is 405. The van der Waals surface area contributed by atoms with Crippen molar-refractivity contribution in [3.63, 3.8) is 0 Å². The van der Waals surface area contributed by atoms with E-state index in [4.69, 9.17) is 4.74 Å². The minimum atomic E-state index is 0.691. The first-order valence-corrected chi connectivity index (χ1v) is 5.89. The maximum absolute atomic E-state index is 5.65. The quantitative estimate of drug-likeness (QED) is 0.759. The van der Waals surface area contributed by atoms with Crippen molar-refractivity contribution in [2.75, 3.05) is 0 Å². The molecule has 0 bridgehead atoms. The molecule has 0 atom stereocenters. The average Bonchev–Trinajstić information content (AvgIpc) is 2.66. The van der Waals surface area contributed by atoms with Crippen LogP contribution in [0.1, 0.15) is 16.0 Å². The second-order valence-corrected chi connectivity index (χ2v) is 4.60. The van der Waals surface area contributed by atoms with Crippen LogP contribution in [0.4, 0.5) is 0 Å². The van der Waals surface area contributed by atoms with Crippen molar-refractivity contribution in [3.8, 4) is 0 Å². The summed E-state index contributed by atoms with van der Waals surface area (Å²) in [6.45, 7) is 3.53. The Morgan fingerprint density at radius 3 is 2.53 bits per heavy atom. The van der Waals surface area contributed by atoms with Crippen molar-refractivity contribution in [2.24, 2.45) is 0 Å². The molecule has 0 spiro atoms. The molecule has 1 aromatic heterocycles. The summed E-state index contributed by atoms with van der Waals surface area (Å²) in [7, 11) is 0. The predicted molar refractivity (Wildman–Crippen MR) is 64.0 cm³/mol. The molecular formula is C13H14OS. The summed E-state index contributed by atoms with van der Waals surface area (Å²) in [6.07, 6.45) is 0. The topological polar surface area (TPSA) is 9.23 Å². The van der Waals surface area contributed by atoms with Gasteiger partial charge in [0.05, 0.1) is 13.2 Å². The molecule has 0 saturated heterocycles. The van der Waals surface area contributed by atoms with Gasteiger partial charge in [-0.25, -0.2) is 0 Å². The minimum absolute atomic E-state index is 0.691. The fraction of sp³-hybridized carbons (Fsp3) is 0.231. The van der Waals surface area contributed by atoms with E-state index in [1.807, 2.05) is 18.2 Å². The normalized spacial score (nSPS) is 10.5. The van der Waals surface area contributed by atoms with Crippen molar-refractivity contribution in [1.82, 2.24) is 0 Å². The Morgan fingerprint density at radius 2 is 1.87 bits per heavy atom. The first-order valence-electron chi connectivity index (χ1n) is 5.01. The molecule has 0 aliphatic heterocycles. The zero-order chi connectivity index (χ0) is 10.5. The number of ether oxygens (including phenoxy) is 1. The number of hydrogen-bond acceptors (Lipinski definition) is 2. The van der Waals surface area contributed by atoms with Gasteiger partial charge in [0, 0.05) is 4.88 Å². The molecule has 1 nitrogen and oxygen atoms in total. The lowest BCUT2D eigenvalue weighted by Crippen LogP contribution is -1.93. The lowest BCUT2D eigenvalue weighted by atomic mass is 10.2. The van der Waals surface area contributed by atoms with Gasteiger partial charge in [0.2, 0.25) is 0 Å². The summed E-state index contributed by atoms with van der Waals surface area (Å²) in [4.78, 5) is 1.35. The average molecular weight is 218 g/mol. The van der Waals surface area contributed by atoms with Crippen LogP contribution in [0.3, 0.4) is 0 Å². The summed E-state index contributed by atoms with van der Waals surface area (Å²) in [5, 5.41) is 2.11. The third kappa shape index (κ3) is 2.91. The molecule has 2 heteroatoms. The monoisotopic (exact) mass is 218 g/mol. The van der Waals surface area contributed by atoms with Crippen LogP contribution in [0.2, 0.25) is 0 Å². The van der Waals surface area contributed by atoms with Gasteiger partial charge in [0.25, 0.3) is 0 Å². The van der Waals surface area contributed by atoms with Crippen molar-refractivity contribution < 1.29 is 4.74 Å². The van der Waals surface area contributed by atoms with E-state index in [1.54, 1.807) is 11.3 Å². The molecule has 0 unspecified atom stereocenters. The van der Waals surface area contributed by atoms with E-state index in [2.05, 4.69) is 30.5 Å². The Morgan fingerprint density at radius 1 is 1.07 bits per heavy atom. The van der Waals surface area contributed by atoms with Crippen molar-refractivity contribution in [1.29, 1.82) is 0 Å². The van der Waals surface area contributed by atoms with Crippen LogP contribution < -0.4 is 0 Å². The zero-order valence-electron chi connectivity index (χ0n) is 8.77. The molecule has 0 saturated carbocycles. The summed E-state index contributed by atoms with van der Waals surface area (Å²) in [6, 6.07) is 12.4. The van der Waals surface area contributed by atoms with Gasteiger partial charge in [-0.15, -0.1) is 11.3 Å². The van der Waals surface area contributed by atoms with Crippen LogP contribution in [-0.2, 0) is 18.0 Å². The number of benzene rings is 1. The molecular weight excluding hydrogens is 204 g/mol. The van der Waals surface area contributed by atoms with E-state index in [9.17, 15) is 0 Å². The molecule has 0 aliphatic carbocycles. The molecule has 2 rings (SSSR count). The summed E-state index contributed by atoms with van der Waals surface area (Å²) in [5.41, 5.74) is 2.53. The van der Waals surface area contributed by atoms with Crippen molar-refractivity contribution in [3.05, 3.63) is 57.8 Å². The van der Waals surface area contributed by atoms with E-state index in [1.165, 1.54) is 16.0 Å². The lowest BCUT2D eigenvalue weighted by molar-refractivity contribution is 0.107. The van der Waals surface area contributed by atoms with Gasteiger partial charge >= 0.3 is 0 Å². The molecule has 0 amide bonds. The maximum Gasteiger partial charge on any atom is 0.0732 e.